The Balaban J connectivity index is 1.39. The average Bonchev–Trinajstić information content (AvgIpc) is 3.24. The molecule has 0 saturated heterocycles. The molecule has 1 N–H and O–H groups in total. The normalized spacial score (nSPS) is 10.8. The Kier molecular flexibility index (Phi) is 5.92. The highest BCUT2D eigenvalue weighted by molar-refractivity contribution is 5.55. The van der Waals surface area contributed by atoms with Crippen LogP contribution >= 0.6 is 0 Å². The first-order chi connectivity index (χ1) is 14.3. The van der Waals surface area contributed by atoms with Crippen LogP contribution in [0.5, 0.6) is 5.75 Å². The zero-order valence-corrected chi connectivity index (χ0v) is 16.3. The number of methoxy groups -OCH3 is 1. The van der Waals surface area contributed by atoms with Gasteiger partial charge in [0.25, 0.3) is 0 Å². The molecule has 0 fully saturated rings. The zero-order valence-electron chi connectivity index (χ0n) is 16.3. The van der Waals surface area contributed by atoms with Gasteiger partial charge in [-0.25, -0.2) is 0 Å². The van der Waals surface area contributed by atoms with E-state index < -0.39 is 0 Å². The van der Waals surface area contributed by atoms with Gasteiger partial charge in [-0.15, -0.1) is 10.2 Å². The summed E-state index contributed by atoms with van der Waals surface area (Å²) in [5.41, 5.74) is 4.51. The van der Waals surface area contributed by atoms with Crippen molar-refractivity contribution in [2.24, 2.45) is 0 Å². The van der Waals surface area contributed by atoms with Crippen molar-refractivity contribution in [1.29, 1.82) is 0 Å². The molecule has 0 atom stereocenters. The molecule has 0 aliphatic heterocycles. The lowest BCUT2D eigenvalue weighted by molar-refractivity contribution is 0.414. The van der Waals surface area contributed by atoms with Crippen molar-refractivity contribution in [1.82, 2.24) is 25.5 Å². The Hall–Kier alpha value is -3.51. The maximum Gasteiger partial charge on any atom is 0.204 e. The van der Waals surface area contributed by atoms with E-state index in [1.165, 1.54) is 11.1 Å². The van der Waals surface area contributed by atoms with Crippen molar-refractivity contribution < 1.29 is 4.74 Å². The minimum absolute atomic E-state index is 0.565. The van der Waals surface area contributed by atoms with Crippen molar-refractivity contribution in [3.63, 3.8) is 0 Å². The predicted octanol–water partition coefficient (Wildman–Crippen LogP) is 3.69. The summed E-state index contributed by atoms with van der Waals surface area (Å²) >= 11 is 0. The SMILES string of the molecule is COc1ccc(Cn2nnc(-c3cccc(CNCc4ccccc4)c3)n2)cc1. The predicted molar refractivity (Wildman–Crippen MR) is 112 cm³/mol. The Morgan fingerprint density at radius 2 is 1.59 bits per heavy atom. The third-order valence-electron chi connectivity index (χ3n) is 4.62. The summed E-state index contributed by atoms with van der Waals surface area (Å²) in [7, 11) is 1.66. The highest BCUT2D eigenvalue weighted by Crippen LogP contribution is 2.16. The molecule has 3 aromatic carbocycles. The number of ether oxygens (including phenoxy) is 1. The maximum absolute atomic E-state index is 5.19. The first-order valence-corrected chi connectivity index (χ1v) is 9.55. The molecule has 146 valence electrons. The number of aromatic nitrogens is 4. The van der Waals surface area contributed by atoms with E-state index in [1.807, 2.05) is 42.5 Å². The van der Waals surface area contributed by atoms with Crippen LogP contribution < -0.4 is 10.1 Å². The molecule has 0 bridgehead atoms. The van der Waals surface area contributed by atoms with Gasteiger partial charge in [0.2, 0.25) is 5.82 Å². The van der Waals surface area contributed by atoms with E-state index in [0.717, 1.165) is 30.0 Å². The Morgan fingerprint density at radius 3 is 2.38 bits per heavy atom. The minimum Gasteiger partial charge on any atom is -0.497 e. The molecule has 1 heterocycles. The second-order valence-electron chi connectivity index (χ2n) is 6.78. The van der Waals surface area contributed by atoms with Gasteiger partial charge in [0.15, 0.2) is 0 Å². The van der Waals surface area contributed by atoms with E-state index in [2.05, 4.69) is 57.1 Å². The van der Waals surface area contributed by atoms with Crippen LogP contribution in [0.15, 0.2) is 78.9 Å². The van der Waals surface area contributed by atoms with E-state index in [-0.39, 0.29) is 0 Å². The van der Waals surface area contributed by atoms with Crippen LogP contribution in [0, 0.1) is 0 Å². The monoisotopic (exact) mass is 385 g/mol. The molecule has 0 saturated carbocycles. The van der Waals surface area contributed by atoms with E-state index in [1.54, 1.807) is 11.9 Å². The van der Waals surface area contributed by atoms with E-state index in [0.29, 0.717) is 12.4 Å². The topological polar surface area (TPSA) is 64.9 Å². The quantitative estimate of drug-likeness (QED) is 0.501. The van der Waals surface area contributed by atoms with E-state index in [4.69, 9.17) is 4.74 Å². The van der Waals surface area contributed by atoms with Crippen molar-refractivity contribution in [3.8, 4) is 17.1 Å². The largest absolute Gasteiger partial charge is 0.497 e. The van der Waals surface area contributed by atoms with Crippen molar-refractivity contribution in [2.75, 3.05) is 7.11 Å². The Labute approximate surface area is 170 Å². The summed E-state index contributed by atoms with van der Waals surface area (Å²) in [5.74, 6) is 1.46. The summed E-state index contributed by atoms with van der Waals surface area (Å²) in [4.78, 5) is 1.61. The first kappa shape index (κ1) is 18.8. The number of rotatable bonds is 8. The lowest BCUT2D eigenvalue weighted by Gasteiger charge is -2.06. The minimum atomic E-state index is 0.565. The van der Waals surface area contributed by atoms with Crippen LogP contribution in [0.3, 0.4) is 0 Å². The van der Waals surface area contributed by atoms with Crippen LogP contribution in [0.4, 0.5) is 0 Å². The van der Waals surface area contributed by atoms with Gasteiger partial charge in [0.05, 0.1) is 13.7 Å². The van der Waals surface area contributed by atoms with Gasteiger partial charge >= 0.3 is 0 Å². The summed E-state index contributed by atoms with van der Waals surface area (Å²) in [6.07, 6.45) is 0. The molecule has 4 aromatic rings. The number of tetrazole rings is 1. The lowest BCUT2D eigenvalue weighted by atomic mass is 10.1. The molecule has 6 nitrogen and oxygen atoms in total. The van der Waals surface area contributed by atoms with Gasteiger partial charge in [-0.05, 0) is 40.1 Å². The Bertz CT molecular complexity index is 1040. The van der Waals surface area contributed by atoms with Crippen LogP contribution in [-0.2, 0) is 19.6 Å². The molecule has 0 spiro atoms. The highest BCUT2D eigenvalue weighted by atomic mass is 16.5. The highest BCUT2D eigenvalue weighted by Gasteiger charge is 2.07. The van der Waals surface area contributed by atoms with Gasteiger partial charge in [0.1, 0.15) is 5.75 Å². The number of hydrogen-bond donors (Lipinski definition) is 1. The molecule has 4 rings (SSSR count). The fourth-order valence-corrected chi connectivity index (χ4v) is 3.09. The second kappa shape index (κ2) is 9.12. The summed E-state index contributed by atoms with van der Waals surface area (Å²) in [5, 5.41) is 16.4. The van der Waals surface area contributed by atoms with Crippen LogP contribution in [0.2, 0.25) is 0 Å². The van der Waals surface area contributed by atoms with Crippen molar-refractivity contribution in [2.45, 2.75) is 19.6 Å². The maximum atomic E-state index is 5.19. The summed E-state index contributed by atoms with van der Waals surface area (Å²) in [6, 6.07) is 26.5. The lowest BCUT2D eigenvalue weighted by Crippen LogP contribution is -2.12. The fraction of sp³-hybridized carbons (Fsp3) is 0.174. The first-order valence-electron chi connectivity index (χ1n) is 9.55. The molecule has 0 unspecified atom stereocenters. The molecular weight excluding hydrogens is 362 g/mol. The molecule has 1 aromatic heterocycles. The third kappa shape index (κ3) is 5.06. The second-order valence-corrected chi connectivity index (χ2v) is 6.78. The number of hydrogen-bond acceptors (Lipinski definition) is 5. The summed E-state index contributed by atoms with van der Waals surface area (Å²) < 4.78 is 5.19. The standard InChI is InChI=1S/C23H23N5O/c1-29-22-12-10-19(11-13-22)17-28-26-23(25-27-28)21-9-5-8-20(14-21)16-24-15-18-6-3-2-4-7-18/h2-14,24H,15-17H2,1H3. The fourth-order valence-electron chi connectivity index (χ4n) is 3.09. The van der Waals surface area contributed by atoms with Gasteiger partial charge in [-0.2, -0.15) is 4.80 Å². The molecule has 0 amide bonds. The molecule has 0 radical (unpaired) electrons. The van der Waals surface area contributed by atoms with Gasteiger partial charge in [-0.1, -0.05) is 60.7 Å². The van der Waals surface area contributed by atoms with Gasteiger partial charge < -0.3 is 10.1 Å². The average molecular weight is 385 g/mol. The van der Waals surface area contributed by atoms with Crippen molar-refractivity contribution >= 4 is 0 Å². The number of nitrogens with one attached hydrogen (secondary N) is 1. The third-order valence-corrected chi connectivity index (χ3v) is 4.62. The summed E-state index contributed by atoms with van der Waals surface area (Å²) in [6.45, 7) is 2.18. The molecule has 0 aliphatic rings. The van der Waals surface area contributed by atoms with Gasteiger partial charge in [0, 0.05) is 18.7 Å². The molecule has 0 aliphatic carbocycles. The number of nitrogens with zero attached hydrogens (tertiary/aromatic N) is 4. The van der Waals surface area contributed by atoms with Crippen LogP contribution in [0.1, 0.15) is 16.7 Å². The molecule has 6 heteroatoms. The molecule has 29 heavy (non-hydrogen) atoms. The number of benzene rings is 3. The Morgan fingerprint density at radius 1 is 0.828 bits per heavy atom. The van der Waals surface area contributed by atoms with Crippen LogP contribution in [-0.4, -0.2) is 27.3 Å². The zero-order chi connectivity index (χ0) is 19.9. The smallest absolute Gasteiger partial charge is 0.204 e. The van der Waals surface area contributed by atoms with E-state index in [9.17, 15) is 0 Å². The van der Waals surface area contributed by atoms with E-state index >= 15 is 0 Å². The van der Waals surface area contributed by atoms with Gasteiger partial charge in [-0.3, -0.25) is 0 Å². The molecular formula is C23H23N5O. The van der Waals surface area contributed by atoms with Crippen molar-refractivity contribution in [3.05, 3.63) is 95.6 Å². The van der Waals surface area contributed by atoms with Crippen LogP contribution in [0.25, 0.3) is 11.4 Å².